The Balaban J connectivity index is 2.71. The normalized spacial score (nSPS) is 11.1. The number of benzene rings is 1. The summed E-state index contributed by atoms with van der Waals surface area (Å²) in [5.41, 5.74) is 10.7. The van der Waals surface area contributed by atoms with Gasteiger partial charge in [-0.25, -0.2) is 0 Å². The van der Waals surface area contributed by atoms with Gasteiger partial charge in [-0.1, -0.05) is 38.1 Å². The zero-order chi connectivity index (χ0) is 12.6. The van der Waals surface area contributed by atoms with E-state index in [0.29, 0.717) is 11.7 Å². The van der Waals surface area contributed by atoms with E-state index in [2.05, 4.69) is 44.1 Å². The lowest BCUT2D eigenvalue weighted by Crippen LogP contribution is -1.98. The number of anilines is 1. The van der Waals surface area contributed by atoms with Crippen LogP contribution >= 0.6 is 0 Å². The smallest absolute Gasteiger partial charge is 0.149 e. The van der Waals surface area contributed by atoms with E-state index < -0.39 is 0 Å². The number of hydrogen-bond donors (Lipinski definition) is 1. The number of nitrogens with two attached hydrogens (primary N) is 1. The molecule has 0 amide bonds. The fraction of sp³-hybridized carbons (Fsp3) is 0.357. The van der Waals surface area contributed by atoms with Crippen LogP contribution in [0.5, 0.6) is 0 Å². The number of nitrogen functional groups attached to an aromatic ring is 1. The average molecular weight is 229 g/mol. The van der Waals surface area contributed by atoms with Crippen molar-refractivity contribution >= 4 is 5.82 Å². The lowest BCUT2D eigenvalue weighted by molar-refractivity contribution is 0.776. The van der Waals surface area contributed by atoms with E-state index in [0.717, 1.165) is 11.3 Å². The summed E-state index contributed by atoms with van der Waals surface area (Å²) in [6.45, 7) is 6.41. The van der Waals surface area contributed by atoms with Gasteiger partial charge in [-0.2, -0.15) is 5.10 Å². The van der Waals surface area contributed by atoms with E-state index in [-0.39, 0.29) is 0 Å². The van der Waals surface area contributed by atoms with Gasteiger partial charge in [0.05, 0.1) is 5.69 Å². The van der Waals surface area contributed by atoms with Crippen LogP contribution in [0.3, 0.4) is 0 Å². The van der Waals surface area contributed by atoms with Crippen molar-refractivity contribution in [1.82, 2.24) is 9.78 Å². The second kappa shape index (κ2) is 4.24. The minimum absolute atomic E-state index is 0.373. The number of nitrogens with zero attached hydrogens (tertiary/aromatic N) is 2. The summed E-state index contributed by atoms with van der Waals surface area (Å²) in [5.74, 6) is 1.01. The van der Waals surface area contributed by atoms with E-state index in [1.165, 1.54) is 11.1 Å². The maximum absolute atomic E-state index is 6.00. The maximum Gasteiger partial charge on any atom is 0.149 e. The van der Waals surface area contributed by atoms with E-state index >= 15 is 0 Å². The highest BCUT2D eigenvalue weighted by molar-refractivity contribution is 5.72. The topological polar surface area (TPSA) is 43.8 Å². The molecule has 0 aliphatic heterocycles. The summed E-state index contributed by atoms with van der Waals surface area (Å²) in [6.07, 6.45) is 0. The van der Waals surface area contributed by atoms with Gasteiger partial charge in [-0.15, -0.1) is 0 Å². The largest absolute Gasteiger partial charge is 0.382 e. The molecule has 1 aromatic carbocycles. The van der Waals surface area contributed by atoms with Crippen molar-refractivity contribution in [3.8, 4) is 11.3 Å². The molecule has 0 radical (unpaired) electrons. The molecule has 3 heteroatoms. The lowest BCUT2D eigenvalue weighted by Gasteiger charge is -2.11. The lowest BCUT2D eigenvalue weighted by atomic mass is 9.96. The predicted octanol–water partition coefficient (Wildman–Crippen LogP) is 3.10. The van der Waals surface area contributed by atoms with E-state index in [1.807, 2.05) is 17.8 Å². The fourth-order valence-electron chi connectivity index (χ4n) is 2.29. The molecule has 0 fully saturated rings. The van der Waals surface area contributed by atoms with E-state index in [9.17, 15) is 0 Å². The van der Waals surface area contributed by atoms with Gasteiger partial charge in [-0.3, -0.25) is 4.68 Å². The molecule has 0 bridgehead atoms. The number of rotatable bonds is 2. The average Bonchev–Trinajstić information content (AvgIpc) is 2.54. The van der Waals surface area contributed by atoms with Crippen molar-refractivity contribution in [2.75, 3.05) is 5.73 Å². The summed E-state index contributed by atoms with van der Waals surface area (Å²) in [4.78, 5) is 0. The van der Waals surface area contributed by atoms with Gasteiger partial charge in [0.15, 0.2) is 0 Å². The molecule has 3 nitrogen and oxygen atoms in total. The molecule has 0 aliphatic rings. The van der Waals surface area contributed by atoms with Crippen LogP contribution in [0.1, 0.15) is 30.9 Å². The van der Waals surface area contributed by atoms with Crippen LogP contribution in [0.4, 0.5) is 5.82 Å². The monoisotopic (exact) mass is 229 g/mol. The van der Waals surface area contributed by atoms with Crippen LogP contribution in [0.2, 0.25) is 0 Å². The van der Waals surface area contributed by atoms with Gasteiger partial charge >= 0.3 is 0 Å². The van der Waals surface area contributed by atoms with Gasteiger partial charge in [0.1, 0.15) is 5.82 Å². The summed E-state index contributed by atoms with van der Waals surface area (Å²) in [5, 5.41) is 4.34. The fourth-order valence-corrected chi connectivity index (χ4v) is 2.29. The van der Waals surface area contributed by atoms with Gasteiger partial charge in [0, 0.05) is 18.2 Å². The van der Waals surface area contributed by atoms with Gasteiger partial charge in [-0.05, 0) is 18.4 Å². The zero-order valence-corrected chi connectivity index (χ0v) is 10.9. The highest BCUT2D eigenvalue weighted by Gasteiger charge is 2.19. The first-order chi connectivity index (χ1) is 8.02. The van der Waals surface area contributed by atoms with Crippen LogP contribution in [0.25, 0.3) is 11.3 Å². The Bertz CT molecular complexity index is 538. The molecular formula is C14H19N3. The highest BCUT2D eigenvalue weighted by atomic mass is 15.3. The maximum atomic E-state index is 6.00. The third-order valence-corrected chi connectivity index (χ3v) is 3.09. The molecule has 0 spiro atoms. The van der Waals surface area contributed by atoms with Crippen molar-refractivity contribution in [3.05, 3.63) is 35.4 Å². The summed E-state index contributed by atoms with van der Waals surface area (Å²) in [6, 6.07) is 8.34. The second-order valence-electron chi connectivity index (χ2n) is 4.74. The van der Waals surface area contributed by atoms with Crippen molar-refractivity contribution in [2.24, 2.45) is 7.05 Å². The molecule has 0 unspecified atom stereocenters. The van der Waals surface area contributed by atoms with Crippen LogP contribution < -0.4 is 5.73 Å². The molecular weight excluding hydrogens is 210 g/mol. The van der Waals surface area contributed by atoms with Crippen LogP contribution in [0, 0.1) is 6.92 Å². The van der Waals surface area contributed by atoms with E-state index in [4.69, 9.17) is 5.73 Å². The van der Waals surface area contributed by atoms with Crippen LogP contribution in [0.15, 0.2) is 24.3 Å². The highest BCUT2D eigenvalue weighted by Crippen LogP contribution is 2.34. The molecule has 0 saturated carbocycles. The molecule has 0 aliphatic carbocycles. The standard InChI is InChI=1S/C14H19N3/c1-9(2)12-13(17(4)16-14(12)15)11-8-6-5-7-10(11)3/h5-9H,1-4H3,(H2,15,16). The number of aryl methyl sites for hydroxylation is 2. The van der Waals surface area contributed by atoms with E-state index in [1.54, 1.807) is 0 Å². The molecule has 2 aromatic rings. The SMILES string of the molecule is Cc1ccccc1-c1c(C(C)C)c(N)nn1C. The van der Waals surface area contributed by atoms with Crippen molar-refractivity contribution in [3.63, 3.8) is 0 Å². The Hall–Kier alpha value is -1.77. The first kappa shape index (κ1) is 11.7. The van der Waals surface area contributed by atoms with Crippen LogP contribution in [-0.4, -0.2) is 9.78 Å². The first-order valence-electron chi connectivity index (χ1n) is 5.90. The number of hydrogen-bond acceptors (Lipinski definition) is 2. The summed E-state index contributed by atoms with van der Waals surface area (Å²) < 4.78 is 1.88. The Morgan fingerprint density at radius 1 is 1.24 bits per heavy atom. The Morgan fingerprint density at radius 2 is 1.88 bits per heavy atom. The van der Waals surface area contributed by atoms with Crippen molar-refractivity contribution in [2.45, 2.75) is 26.7 Å². The minimum Gasteiger partial charge on any atom is -0.382 e. The third-order valence-electron chi connectivity index (χ3n) is 3.09. The molecule has 90 valence electrons. The quantitative estimate of drug-likeness (QED) is 0.860. The molecule has 1 heterocycles. The second-order valence-corrected chi connectivity index (χ2v) is 4.74. The molecule has 2 N–H and O–H groups in total. The zero-order valence-electron chi connectivity index (χ0n) is 10.9. The summed E-state index contributed by atoms with van der Waals surface area (Å²) in [7, 11) is 1.95. The van der Waals surface area contributed by atoms with Gasteiger partial charge in [0.2, 0.25) is 0 Å². The third kappa shape index (κ3) is 1.93. The minimum atomic E-state index is 0.373. The molecule has 17 heavy (non-hydrogen) atoms. The number of aromatic nitrogens is 2. The first-order valence-corrected chi connectivity index (χ1v) is 5.90. The van der Waals surface area contributed by atoms with Gasteiger partial charge in [0.25, 0.3) is 0 Å². The Kier molecular flexibility index (Phi) is 2.92. The van der Waals surface area contributed by atoms with Crippen molar-refractivity contribution < 1.29 is 0 Å². The molecule has 2 rings (SSSR count). The summed E-state index contributed by atoms with van der Waals surface area (Å²) >= 11 is 0. The molecule has 0 saturated heterocycles. The molecule has 0 atom stereocenters. The Morgan fingerprint density at radius 3 is 2.47 bits per heavy atom. The predicted molar refractivity (Wildman–Crippen MR) is 71.9 cm³/mol. The van der Waals surface area contributed by atoms with Crippen LogP contribution in [-0.2, 0) is 7.05 Å². The van der Waals surface area contributed by atoms with Crippen molar-refractivity contribution in [1.29, 1.82) is 0 Å². The Labute approximate surface area is 102 Å². The molecule has 1 aromatic heterocycles. The van der Waals surface area contributed by atoms with Gasteiger partial charge < -0.3 is 5.73 Å².